The summed E-state index contributed by atoms with van der Waals surface area (Å²) >= 11 is 0. The van der Waals surface area contributed by atoms with Crippen molar-refractivity contribution in [3.05, 3.63) is 47.5 Å². The molecule has 6 heteroatoms. The topological polar surface area (TPSA) is 76.7 Å². The molecular formula is C21H24N2O4. The fraction of sp³-hybridized carbons (Fsp3) is 0.333. The number of rotatable bonds is 4. The molecule has 0 spiro atoms. The van der Waals surface area contributed by atoms with Gasteiger partial charge in [0.05, 0.1) is 0 Å². The maximum atomic E-state index is 12.8. The molecule has 0 saturated carbocycles. The zero-order chi connectivity index (χ0) is 19.6. The van der Waals surface area contributed by atoms with Gasteiger partial charge >= 0.3 is 0 Å². The number of aryl methyl sites for hydroxylation is 2. The number of hydrogen-bond acceptors (Lipinski definition) is 4. The minimum Gasteiger partial charge on any atom is -0.486 e. The molecule has 1 aliphatic heterocycles. The lowest BCUT2D eigenvalue weighted by molar-refractivity contribution is -0.135. The van der Waals surface area contributed by atoms with Gasteiger partial charge in [-0.3, -0.25) is 9.59 Å². The highest BCUT2D eigenvalue weighted by Gasteiger charge is 2.36. The molecule has 1 heterocycles. The van der Waals surface area contributed by atoms with E-state index in [1.807, 2.05) is 32.0 Å². The second kappa shape index (κ2) is 7.31. The zero-order valence-corrected chi connectivity index (χ0v) is 16.0. The summed E-state index contributed by atoms with van der Waals surface area (Å²) in [4.78, 5) is 25.5. The van der Waals surface area contributed by atoms with Crippen LogP contribution in [0.15, 0.2) is 36.4 Å². The van der Waals surface area contributed by atoms with E-state index in [-0.39, 0.29) is 5.91 Å². The predicted molar refractivity (Wildman–Crippen MR) is 104 cm³/mol. The molecule has 0 atom stereocenters. The number of hydrogen-bond donors (Lipinski definition) is 2. The van der Waals surface area contributed by atoms with Crippen molar-refractivity contribution in [2.75, 3.05) is 23.8 Å². The molecule has 27 heavy (non-hydrogen) atoms. The first kappa shape index (κ1) is 18.8. The van der Waals surface area contributed by atoms with E-state index in [4.69, 9.17) is 9.47 Å². The molecule has 0 bridgehead atoms. The van der Waals surface area contributed by atoms with Crippen LogP contribution in [-0.4, -0.2) is 25.0 Å². The quantitative estimate of drug-likeness (QED) is 0.807. The number of para-hydroxylation sites is 1. The second-order valence-corrected chi connectivity index (χ2v) is 7.16. The number of carbonyl (C=O) groups is 2. The van der Waals surface area contributed by atoms with Gasteiger partial charge < -0.3 is 20.1 Å². The van der Waals surface area contributed by atoms with Gasteiger partial charge in [0, 0.05) is 17.4 Å². The van der Waals surface area contributed by atoms with Gasteiger partial charge in [-0.1, -0.05) is 18.2 Å². The summed E-state index contributed by atoms with van der Waals surface area (Å²) < 4.78 is 11.0. The number of benzene rings is 2. The molecule has 3 rings (SSSR count). The minimum absolute atomic E-state index is 0.366. The van der Waals surface area contributed by atoms with Crippen molar-refractivity contribution in [1.29, 1.82) is 0 Å². The van der Waals surface area contributed by atoms with Gasteiger partial charge in [0.25, 0.3) is 0 Å². The molecule has 0 saturated heterocycles. The molecule has 0 fully saturated rings. The Morgan fingerprint density at radius 2 is 1.48 bits per heavy atom. The van der Waals surface area contributed by atoms with Crippen LogP contribution >= 0.6 is 0 Å². The average molecular weight is 368 g/mol. The first-order valence-corrected chi connectivity index (χ1v) is 8.88. The zero-order valence-electron chi connectivity index (χ0n) is 16.0. The normalized spacial score (nSPS) is 13.0. The summed E-state index contributed by atoms with van der Waals surface area (Å²) in [6, 6.07) is 10.9. The van der Waals surface area contributed by atoms with Gasteiger partial charge in [0.2, 0.25) is 11.8 Å². The molecule has 2 aromatic rings. The van der Waals surface area contributed by atoms with E-state index in [2.05, 4.69) is 10.6 Å². The van der Waals surface area contributed by atoms with E-state index >= 15 is 0 Å². The van der Waals surface area contributed by atoms with Crippen molar-refractivity contribution in [1.82, 2.24) is 0 Å². The standard InChI is InChI=1S/C21H24N2O4/c1-13-6-5-7-14(2)18(13)23-20(25)21(3,4)19(24)22-15-8-9-16-17(12-15)27-11-10-26-16/h5-9,12H,10-11H2,1-4H3,(H,22,24)(H,23,25). The van der Waals surface area contributed by atoms with E-state index < -0.39 is 11.3 Å². The Bertz CT molecular complexity index is 869. The Morgan fingerprint density at radius 1 is 0.889 bits per heavy atom. The fourth-order valence-electron chi connectivity index (χ4n) is 2.79. The average Bonchev–Trinajstić information content (AvgIpc) is 2.64. The van der Waals surface area contributed by atoms with Crippen LogP contribution < -0.4 is 20.1 Å². The molecular weight excluding hydrogens is 344 g/mol. The maximum absolute atomic E-state index is 12.8. The Kier molecular flexibility index (Phi) is 5.08. The van der Waals surface area contributed by atoms with Gasteiger partial charge in [-0.25, -0.2) is 0 Å². The van der Waals surface area contributed by atoms with Crippen molar-refractivity contribution < 1.29 is 19.1 Å². The van der Waals surface area contributed by atoms with Crippen LogP contribution in [-0.2, 0) is 9.59 Å². The highest BCUT2D eigenvalue weighted by molar-refractivity contribution is 6.14. The summed E-state index contributed by atoms with van der Waals surface area (Å²) in [5, 5.41) is 5.68. The van der Waals surface area contributed by atoms with E-state index in [0.717, 1.165) is 16.8 Å². The lowest BCUT2D eigenvalue weighted by Crippen LogP contribution is -2.41. The summed E-state index contributed by atoms with van der Waals surface area (Å²) in [5.74, 6) is 0.459. The molecule has 0 unspecified atom stereocenters. The van der Waals surface area contributed by atoms with Crippen molar-refractivity contribution in [3.8, 4) is 11.5 Å². The van der Waals surface area contributed by atoms with Gasteiger partial charge in [-0.15, -0.1) is 0 Å². The monoisotopic (exact) mass is 368 g/mol. The van der Waals surface area contributed by atoms with Crippen LogP contribution in [0.5, 0.6) is 11.5 Å². The Morgan fingerprint density at radius 3 is 2.15 bits per heavy atom. The van der Waals surface area contributed by atoms with Crippen LogP contribution in [0, 0.1) is 19.3 Å². The van der Waals surface area contributed by atoms with E-state index in [9.17, 15) is 9.59 Å². The minimum atomic E-state index is -1.26. The van der Waals surface area contributed by atoms with Crippen molar-refractivity contribution in [2.45, 2.75) is 27.7 Å². The highest BCUT2D eigenvalue weighted by atomic mass is 16.6. The molecule has 0 aliphatic carbocycles. The van der Waals surface area contributed by atoms with Gasteiger partial charge in [-0.05, 0) is 51.0 Å². The van der Waals surface area contributed by atoms with Crippen LogP contribution in [0.4, 0.5) is 11.4 Å². The van der Waals surface area contributed by atoms with Gasteiger partial charge in [-0.2, -0.15) is 0 Å². The molecule has 0 aromatic heterocycles. The van der Waals surface area contributed by atoms with Gasteiger partial charge in [0.1, 0.15) is 18.6 Å². The van der Waals surface area contributed by atoms with Crippen molar-refractivity contribution >= 4 is 23.2 Å². The Hall–Kier alpha value is -3.02. The molecule has 2 aromatic carbocycles. The predicted octanol–water partition coefficient (Wildman–Crippen LogP) is 3.68. The number of amides is 2. The number of fused-ring (bicyclic) bond motifs is 1. The third-order valence-electron chi connectivity index (χ3n) is 4.66. The molecule has 0 radical (unpaired) electrons. The summed E-state index contributed by atoms with van der Waals surface area (Å²) in [5.41, 5.74) is 1.93. The SMILES string of the molecule is Cc1cccc(C)c1NC(=O)C(C)(C)C(=O)Nc1ccc2c(c1)OCCO2. The lowest BCUT2D eigenvalue weighted by atomic mass is 9.90. The summed E-state index contributed by atoms with van der Waals surface area (Å²) in [6.07, 6.45) is 0. The Balaban J connectivity index is 1.74. The third kappa shape index (κ3) is 3.89. The second-order valence-electron chi connectivity index (χ2n) is 7.16. The maximum Gasteiger partial charge on any atom is 0.239 e. The van der Waals surface area contributed by atoms with Crippen LogP contribution in [0.2, 0.25) is 0 Å². The largest absolute Gasteiger partial charge is 0.486 e. The van der Waals surface area contributed by atoms with Crippen LogP contribution in [0.1, 0.15) is 25.0 Å². The number of anilines is 2. The van der Waals surface area contributed by atoms with E-state index in [1.54, 1.807) is 32.0 Å². The first-order chi connectivity index (χ1) is 12.8. The lowest BCUT2D eigenvalue weighted by Gasteiger charge is -2.24. The smallest absolute Gasteiger partial charge is 0.239 e. The van der Waals surface area contributed by atoms with Crippen LogP contribution in [0.25, 0.3) is 0 Å². The van der Waals surface area contributed by atoms with Crippen molar-refractivity contribution in [2.24, 2.45) is 5.41 Å². The summed E-state index contributed by atoms with van der Waals surface area (Å²) in [7, 11) is 0. The molecule has 2 amide bonds. The van der Waals surface area contributed by atoms with Crippen molar-refractivity contribution in [3.63, 3.8) is 0 Å². The van der Waals surface area contributed by atoms with E-state index in [1.165, 1.54) is 0 Å². The molecule has 1 aliphatic rings. The number of carbonyl (C=O) groups excluding carboxylic acids is 2. The third-order valence-corrected chi connectivity index (χ3v) is 4.66. The summed E-state index contributed by atoms with van der Waals surface area (Å²) in [6.45, 7) is 8.01. The first-order valence-electron chi connectivity index (χ1n) is 8.88. The Labute approximate surface area is 158 Å². The molecule has 6 nitrogen and oxygen atoms in total. The highest BCUT2D eigenvalue weighted by Crippen LogP contribution is 2.33. The molecule has 2 N–H and O–H groups in total. The molecule has 142 valence electrons. The van der Waals surface area contributed by atoms with Crippen LogP contribution in [0.3, 0.4) is 0 Å². The number of nitrogens with one attached hydrogen (secondary N) is 2. The fourth-order valence-corrected chi connectivity index (χ4v) is 2.79. The van der Waals surface area contributed by atoms with Gasteiger partial charge in [0.15, 0.2) is 11.5 Å². The van der Waals surface area contributed by atoms with E-state index in [0.29, 0.717) is 30.4 Å². The number of ether oxygens (including phenoxy) is 2.